The fourth-order valence-corrected chi connectivity index (χ4v) is 2.61. The third-order valence-electron chi connectivity index (χ3n) is 3.50. The van der Waals surface area contributed by atoms with Gasteiger partial charge >= 0.3 is 0 Å². The molecule has 7 heteroatoms. The van der Waals surface area contributed by atoms with E-state index in [2.05, 4.69) is 10.3 Å². The van der Waals surface area contributed by atoms with E-state index in [1.54, 1.807) is 29.4 Å². The van der Waals surface area contributed by atoms with Gasteiger partial charge in [-0.05, 0) is 36.5 Å². The van der Waals surface area contributed by atoms with Crippen LogP contribution in [0.1, 0.15) is 10.6 Å². The van der Waals surface area contributed by atoms with E-state index in [0.29, 0.717) is 37.1 Å². The summed E-state index contributed by atoms with van der Waals surface area (Å²) in [6.07, 6.45) is 4.95. The lowest BCUT2D eigenvalue weighted by Crippen LogP contribution is -2.51. The van der Waals surface area contributed by atoms with Crippen molar-refractivity contribution in [2.45, 2.75) is 0 Å². The van der Waals surface area contributed by atoms with Crippen molar-refractivity contribution in [2.75, 3.05) is 31.5 Å². The second kappa shape index (κ2) is 6.57. The highest BCUT2D eigenvalue weighted by Gasteiger charge is 2.24. The first-order valence-corrected chi connectivity index (χ1v) is 7.43. The first-order chi connectivity index (χ1) is 10.7. The van der Waals surface area contributed by atoms with Crippen LogP contribution in [0.4, 0.5) is 5.69 Å². The second-order valence-corrected chi connectivity index (χ2v) is 5.32. The summed E-state index contributed by atoms with van der Waals surface area (Å²) in [6.45, 7) is 2.62. The van der Waals surface area contributed by atoms with Crippen molar-refractivity contribution >= 4 is 28.9 Å². The van der Waals surface area contributed by atoms with Crippen molar-refractivity contribution in [1.82, 2.24) is 14.8 Å². The minimum Gasteiger partial charge on any atom is -0.459 e. The number of pyridine rings is 1. The molecular weight excluding hydrogens is 300 g/mol. The SMILES string of the molecule is O=C(c1ccco1)N1CCN(C(=S)Nc2cccnc2)CC1. The Balaban J connectivity index is 1.53. The first kappa shape index (κ1) is 14.5. The number of rotatable bonds is 2. The quantitative estimate of drug-likeness (QED) is 0.853. The van der Waals surface area contributed by atoms with Crippen LogP contribution < -0.4 is 5.32 Å². The van der Waals surface area contributed by atoms with E-state index in [4.69, 9.17) is 16.6 Å². The predicted molar refractivity (Wildman–Crippen MR) is 86.6 cm³/mol. The normalized spacial score (nSPS) is 14.7. The van der Waals surface area contributed by atoms with E-state index in [0.717, 1.165) is 5.69 Å². The van der Waals surface area contributed by atoms with Gasteiger partial charge in [0.05, 0.1) is 18.1 Å². The van der Waals surface area contributed by atoms with Gasteiger partial charge in [0.1, 0.15) is 0 Å². The predicted octanol–water partition coefficient (Wildman–Crippen LogP) is 1.83. The van der Waals surface area contributed by atoms with Crippen molar-refractivity contribution in [3.8, 4) is 0 Å². The molecule has 0 unspecified atom stereocenters. The van der Waals surface area contributed by atoms with Crippen molar-refractivity contribution in [2.24, 2.45) is 0 Å². The molecule has 0 bridgehead atoms. The van der Waals surface area contributed by atoms with Gasteiger partial charge < -0.3 is 19.5 Å². The molecule has 114 valence electrons. The molecular formula is C15H16N4O2S. The monoisotopic (exact) mass is 316 g/mol. The molecule has 1 amide bonds. The zero-order valence-electron chi connectivity index (χ0n) is 11.9. The molecule has 0 spiro atoms. The molecule has 0 atom stereocenters. The molecule has 0 aromatic carbocycles. The van der Waals surface area contributed by atoms with Crippen LogP contribution in [-0.2, 0) is 0 Å². The molecule has 3 rings (SSSR count). The molecule has 22 heavy (non-hydrogen) atoms. The lowest BCUT2D eigenvalue weighted by atomic mass is 10.3. The van der Waals surface area contributed by atoms with Crippen LogP contribution in [0.2, 0.25) is 0 Å². The van der Waals surface area contributed by atoms with Crippen LogP contribution >= 0.6 is 12.2 Å². The van der Waals surface area contributed by atoms with Crippen molar-refractivity contribution in [1.29, 1.82) is 0 Å². The maximum atomic E-state index is 12.2. The highest BCUT2D eigenvalue weighted by Crippen LogP contribution is 2.11. The number of carbonyl (C=O) groups excluding carboxylic acids is 1. The highest BCUT2D eigenvalue weighted by atomic mass is 32.1. The van der Waals surface area contributed by atoms with Gasteiger partial charge in [0.25, 0.3) is 5.91 Å². The Bertz CT molecular complexity index is 637. The van der Waals surface area contributed by atoms with Gasteiger partial charge in [0.2, 0.25) is 0 Å². The number of hydrogen-bond acceptors (Lipinski definition) is 4. The van der Waals surface area contributed by atoms with Gasteiger partial charge in [0.15, 0.2) is 10.9 Å². The Labute approximate surface area is 133 Å². The Morgan fingerprint density at radius 2 is 1.95 bits per heavy atom. The van der Waals surface area contributed by atoms with Gasteiger partial charge in [-0.25, -0.2) is 0 Å². The zero-order chi connectivity index (χ0) is 15.4. The van der Waals surface area contributed by atoms with Gasteiger partial charge in [-0.1, -0.05) is 0 Å². The smallest absolute Gasteiger partial charge is 0.289 e. The molecule has 0 radical (unpaired) electrons. The number of aromatic nitrogens is 1. The van der Waals surface area contributed by atoms with Crippen molar-refractivity contribution < 1.29 is 9.21 Å². The molecule has 2 aromatic rings. The molecule has 1 aliphatic rings. The number of piperazine rings is 1. The molecule has 1 N–H and O–H groups in total. The van der Waals surface area contributed by atoms with E-state index in [9.17, 15) is 4.79 Å². The maximum Gasteiger partial charge on any atom is 0.289 e. The summed E-state index contributed by atoms with van der Waals surface area (Å²) in [5.41, 5.74) is 0.863. The van der Waals surface area contributed by atoms with Crippen LogP contribution in [0.5, 0.6) is 0 Å². The minimum atomic E-state index is -0.0733. The van der Waals surface area contributed by atoms with Gasteiger partial charge in [-0.3, -0.25) is 9.78 Å². The first-order valence-electron chi connectivity index (χ1n) is 7.03. The number of carbonyl (C=O) groups is 1. The lowest BCUT2D eigenvalue weighted by Gasteiger charge is -2.35. The van der Waals surface area contributed by atoms with E-state index >= 15 is 0 Å². The molecule has 1 saturated heterocycles. The maximum absolute atomic E-state index is 12.2. The van der Waals surface area contributed by atoms with Crippen LogP contribution in [0.25, 0.3) is 0 Å². The summed E-state index contributed by atoms with van der Waals surface area (Å²) >= 11 is 5.41. The number of furan rings is 1. The fourth-order valence-electron chi connectivity index (χ4n) is 2.31. The number of nitrogens with one attached hydrogen (secondary N) is 1. The van der Waals surface area contributed by atoms with Crippen LogP contribution in [-0.4, -0.2) is 52.0 Å². The summed E-state index contributed by atoms with van der Waals surface area (Å²) in [4.78, 5) is 20.1. The number of thiocarbonyl (C=S) groups is 1. The van der Waals surface area contributed by atoms with Gasteiger partial charge in [0, 0.05) is 32.4 Å². The van der Waals surface area contributed by atoms with E-state index < -0.39 is 0 Å². The minimum absolute atomic E-state index is 0.0733. The average molecular weight is 316 g/mol. The largest absolute Gasteiger partial charge is 0.459 e. The standard InChI is InChI=1S/C15H16N4O2S/c20-14(13-4-2-10-21-13)18-6-8-19(9-7-18)15(22)17-12-3-1-5-16-11-12/h1-5,10-11H,6-9H2,(H,17,22). The Morgan fingerprint density at radius 1 is 1.18 bits per heavy atom. The number of amides is 1. The average Bonchev–Trinajstić information content (AvgIpc) is 3.10. The zero-order valence-corrected chi connectivity index (χ0v) is 12.8. The van der Waals surface area contributed by atoms with Gasteiger partial charge in [-0.2, -0.15) is 0 Å². The van der Waals surface area contributed by atoms with Crippen molar-refractivity contribution in [3.05, 3.63) is 48.7 Å². The molecule has 3 heterocycles. The van der Waals surface area contributed by atoms with Crippen LogP contribution in [0, 0.1) is 0 Å². The lowest BCUT2D eigenvalue weighted by molar-refractivity contribution is 0.0661. The van der Waals surface area contributed by atoms with Crippen molar-refractivity contribution in [3.63, 3.8) is 0 Å². The summed E-state index contributed by atoms with van der Waals surface area (Å²) in [5, 5.41) is 3.81. The second-order valence-electron chi connectivity index (χ2n) is 4.93. The molecule has 6 nitrogen and oxygen atoms in total. The van der Waals surface area contributed by atoms with E-state index in [1.165, 1.54) is 6.26 Å². The molecule has 0 aliphatic carbocycles. The van der Waals surface area contributed by atoms with E-state index in [1.807, 2.05) is 17.0 Å². The number of anilines is 1. The number of nitrogens with zero attached hydrogens (tertiary/aromatic N) is 3. The Hall–Kier alpha value is -2.41. The van der Waals surface area contributed by atoms with Crippen LogP contribution in [0.3, 0.4) is 0 Å². The third kappa shape index (κ3) is 3.25. The van der Waals surface area contributed by atoms with Crippen LogP contribution in [0.15, 0.2) is 47.3 Å². The van der Waals surface area contributed by atoms with E-state index in [-0.39, 0.29) is 5.91 Å². The molecule has 0 saturated carbocycles. The highest BCUT2D eigenvalue weighted by molar-refractivity contribution is 7.80. The molecule has 2 aromatic heterocycles. The fraction of sp³-hybridized carbons (Fsp3) is 0.267. The molecule has 1 fully saturated rings. The Morgan fingerprint density at radius 3 is 2.59 bits per heavy atom. The summed E-state index contributed by atoms with van der Waals surface area (Å²) in [6, 6.07) is 7.17. The molecule has 1 aliphatic heterocycles. The summed E-state index contributed by atoms with van der Waals surface area (Å²) in [5.74, 6) is 0.306. The summed E-state index contributed by atoms with van der Waals surface area (Å²) in [7, 11) is 0. The Kier molecular flexibility index (Phi) is 4.34. The van der Waals surface area contributed by atoms with Gasteiger partial charge in [-0.15, -0.1) is 0 Å². The number of hydrogen-bond donors (Lipinski definition) is 1. The topological polar surface area (TPSA) is 61.6 Å². The third-order valence-corrected chi connectivity index (χ3v) is 3.86. The summed E-state index contributed by atoms with van der Waals surface area (Å²) < 4.78 is 5.15.